The number of hydrogen-bond donors (Lipinski definition) is 2. The van der Waals surface area contributed by atoms with Gasteiger partial charge < -0.3 is 30.1 Å². The summed E-state index contributed by atoms with van der Waals surface area (Å²) in [4.78, 5) is 36.2. The topological polar surface area (TPSA) is 117 Å². The van der Waals surface area contributed by atoms with Gasteiger partial charge in [0.2, 0.25) is 0 Å². The van der Waals surface area contributed by atoms with E-state index in [-0.39, 0.29) is 42.1 Å². The zero-order valence-electron chi connectivity index (χ0n) is 21.6. The summed E-state index contributed by atoms with van der Waals surface area (Å²) in [6, 6.07) is 0. The minimum absolute atomic E-state index is 0.0529. The Hall–Kier alpha value is -1.77. The monoisotopic (exact) mass is 490 g/mol. The third kappa shape index (κ3) is 5.35. The number of carbonyl (C=O) groups is 3. The van der Waals surface area contributed by atoms with Crippen molar-refractivity contribution in [1.82, 2.24) is 5.32 Å². The van der Waals surface area contributed by atoms with Crippen LogP contribution in [-0.4, -0.2) is 54.3 Å². The van der Waals surface area contributed by atoms with E-state index in [2.05, 4.69) is 5.32 Å². The maximum Gasteiger partial charge on any atom is 0.334 e. The Morgan fingerprint density at radius 2 is 2.00 bits per heavy atom. The smallest absolute Gasteiger partial charge is 0.334 e. The van der Waals surface area contributed by atoms with Crippen molar-refractivity contribution in [3.05, 3.63) is 11.6 Å². The summed E-state index contributed by atoms with van der Waals surface area (Å²) < 4.78 is 18.8. The largest absolute Gasteiger partial charge is 0.462 e. The number of allylic oxidation sites excluding steroid dienone is 1. The molecule has 0 bridgehead atoms. The first-order valence-corrected chi connectivity index (χ1v) is 13.2. The molecule has 35 heavy (non-hydrogen) atoms. The average Bonchev–Trinajstić information content (AvgIpc) is 3.17. The van der Waals surface area contributed by atoms with Crippen molar-refractivity contribution in [2.24, 2.45) is 29.4 Å². The third-order valence-electron chi connectivity index (χ3n) is 9.15. The number of fused-ring (bicyclic) bond motifs is 2. The van der Waals surface area contributed by atoms with Crippen LogP contribution >= 0.6 is 0 Å². The molecule has 3 aliphatic heterocycles. The molecule has 8 atom stereocenters. The van der Waals surface area contributed by atoms with E-state index in [1.54, 1.807) is 13.0 Å². The molecule has 0 aromatic carbocycles. The highest BCUT2D eigenvalue weighted by Crippen LogP contribution is 2.54. The summed E-state index contributed by atoms with van der Waals surface area (Å²) in [5.41, 5.74) is 5.23. The minimum atomic E-state index is -0.895. The second kappa shape index (κ2) is 10.3. The zero-order valence-corrected chi connectivity index (χ0v) is 21.6. The maximum atomic E-state index is 12.9. The van der Waals surface area contributed by atoms with Crippen molar-refractivity contribution in [1.29, 1.82) is 0 Å². The van der Waals surface area contributed by atoms with Crippen LogP contribution in [0.25, 0.3) is 0 Å². The van der Waals surface area contributed by atoms with Gasteiger partial charge in [0.15, 0.2) is 0 Å². The average molecular weight is 491 g/mol. The van der Waals surface area contributed by atoms with Crippen LogP contribution in [0.3, 0.4) is 0 Å². The lowest BCUT2D eigenvalue weighted by Gasteiger charge is -2.47. The minimum Gasteiger partial charge on any atom is -0.462 e. The van der Waals surface area contributed by atoms with Gasteiger partial charge in [-0.3, -0.25) is 4.79 Å². The molecule has 7 unspecified atom stereocenters. The van der Waals surface area contributed by atoms with Crippen molar-refractivity contribution < 1.29 is 28.6 Å². The quantitative estimate of drug-likeness (QED) is 0.318. The molecule has 4 aliphatic rings. The fourth-order valence-electron chi connectivity index (χ4n) is 6.84. The van der Waals surface area contributed by atoms with Gasteiger partial charge in [-0.2, -0.15) is 0 Å². The Morgan fingerprint density at radius 3 is 2.71 bits per heavy atom. The molecule has 8 nitrogen and oxygen atoms in total. The number of carbonyl (C=O) groups excluding carboxylic acids is 3. The highest BCUT2D eigenvalue weighted by atomic mass is 16.6. The number of esters is 2. The number of rotatable bonds is 7. The molecular formula is C27H42N2O6. The van der Waals surface area contributed by atoms with E-state index in [0.29, 0.717) is 49.6 Å². The summed E-state index contributed by atoms with van der Waals surface area (Å²) in [5.74, 6) is 0.531. The zero-order chi connectivity index (χ0) is 25.4. The molecule has 3 N–H and O–H groups in total. The molecule has 0 radical (unpaired) electrons. The number of nitrogens with one attached hydrogen (secondary N) is 1. The first kappa shape index (κ1) is 26.3. The second-order valence-electron chi connectivity index (χ2n) is 11.7. The molecular weight excluding hydrogens is 448 g/mol. The third-order valence-corrected chi connectivity index (χ3v) is 9.15. The first-order chi connectivity index (χ1) is 16.6. The van der Waals surface area contributed by atoms with E-state index >= 15 is 0 Å². The fourth-order valence-corrected chi connectivity index (χ4v) is 6.84. The molecule has 0 aromatic heterocycles. The Bertz CT molecular complexity index is 857. The number of hydrogen-bond acceptors (Lipinski definition) is 8. The van der Waals surface area contributed by atoms with Gasteiger partial charge in [0, 0.05) is 31.4 Å². The Balaban J connectivity index is 1.63. The second-order valence-corrected chi connectivity index (χ2v) is 11.7. The van der Waals surface area contributed by atoms with E-state index in [1.807, 2.05) is 20.8 Å². The lowest BCUT2D eigenvalue weighted by Crippen LogP contribution is -2.57. The summed E-state index contributed by atoms with van der Waals surface area (Å²) in [6.45, 7) is 8.17. The normalized spacial score (nSPS) is 39.9. The summed E-state index contributed by atoms with van der Waals surface area (Å²) in [5, 5.41) is 3.30. The van der Waals surface area contributed by atoms with Gasteiger partial charge in [0.05, 0.1) is 12.3 Å². The molecule has 4 fully saturated rings. The number of nitrogens with two attached hydrogens (primary N) is 1. The molecule has 1 saturated carbocycles. The summed E-state index contributed by atoms with van der Waals surface area (Å²) >= 11 is 0. The van der Waals surface area contributed by atoms with Gasteiger partial charge >= 0.3 is 11.9 Å². The maximum absolute atomic E-state index is 12.9. The predicted molar refractivity (Wildman–Crippen MR) is 130 cm³/mol. The van der Waals surface area contributed by atoms with E-state index < -0.39 is 11.2 Å². The van der Waals surface area contributed by atoms with E-state index in [0.717, 1.165) is 32.0 Å². The van der Waals surface area contributed by atoms with Gasteiger partial charge in [-0.25, -0.2) is 4.79 Å². The Kier molecular flexibility index (Phi) is 7.74. The lowest BCUT2D eigenvalue weighted by atomic mass is 9.67. The van der Waals surface area contributed by atoms with Crippen LogP contribution in [0.1, 0.15) is 79.1 Å². The van der Waals surface area contributed by atoms with E-state index in [1.165, 1.54) is 0 Å². The predicted octanol–water partition coefficient (Wildman–Crippen LogP) is 3.02. The van der Waals surface area contributed by atoms with Gasteiger partial charge in [0.1, 0.15) is 23.6 Å². The van der Waals surface area contributed by atoms with Crippen LogP contribution < -0.4 is 11.1 Å². The number of piperidine rings is 1. The molecule has 8 heteroatoms. The molecule has 0 spiro atoms. The lowest BCUT2D eigenvalue weighted by molar-refractivity contribution is -0.207. The van der Waals surface area contributed by atoms with Crippen molar-refractivity contribution in [3.63, 3.8) is 0 Å². The van der Waals surface area contributed by atoms with Gasteiger partial charge in [-0.15, -0.1) is 0 Å². The Labute approximate surface area is 208 Å². The Morgan fingerprint density at radius 1 is 1.23 bits per heavy atom. The molecule has 3 heterocycles. The molecule has 4 rings (SSSR count). The van der Waals surface area contributed by atoms with Crippen LogP contribution in [0.4, 0.5) is 0 Å². The van der Waals surface area contributed by atoms with E-state index in [9.17, 15) is 14.4 Å². The molecule has 1 aliphatic carbocycles. The highest BCUT2D eigenvalue weighted by molar-refractivity contribution is 5.88. The van der Waals surface area contributed by atoms with E-state index in [4.69, 9.17) is 19.9 Å². The van der Waals surface area contributed by atoms with Crippen LogP contribution in [0, 0.1) is 23.7 Å². The SMILES string of the molecule is CC=C(C)C(=O)OC(C)(C)[C@@]1(CC2CC(N)NCC2CC=O)CC2CC3CCC(=O)OC3CC2O1. The van der Waals surface area contributed by atoms with Crippen molar-refractivity contribution in [3.8, 4) is 0 Å². The first-order valence-electron chi connectivity index (χ1n) is 13.2. The standard InChI is InChI=1S/C27H42N2O6/c1-5-16(2)25(32)35-26(3,4)27(13-19-11-23(28)29-15-18(19)8-9-30)14-20-10-17-6-7-24(31)33-21(17)12-22(20)34-27/h5,9,17-23,29H,6-8,10-15,28H2,1-4H3/t17?,18?,19?,20?,21?,22?,23?,27-/m1/s1. The van der Waals surface area contributed by atoms with Gasteiger partial charge in [0.25, 0.3) is 0 Å². The van der Waals surface area contributed by atoms with Crippen LogP contribution in [0.5, 0.6) is 0 Å². The van der Waals surface area contributed by atoms with Crippen molar-refractivity contribution >= 4 is 18.2 Å². The molecule has 3 saturated heterocycles. The highest BCUT2D eigenvalue weighted by Gasteiger charge is 2.60. The van der Waals surface area contributed by atoms with Crippen LogP contribution in [-0.2, 0) is 28.6 Å². The molecule has 0 amide bonds. The molecule has 196 valence electrons. The van der Waals surface area contributed by atoms with Crippen molar-refractivity contribution in [2.45, 2.75) is 109 Å². The fraction of sp³-hybridized carbons (Fsp3) is 0.815. The van der Waals surface area contributed by atoms with Crippen molar-refractivity contribution in [2.75, 3.05) is 6.54 Å². The summed E-state index contributed by atoms with van der Waals surface area (Å²) in [6.07, 6.45) is 8.07. The summed E-state index contributed by atoms with van der Waals surface area (Å²) in [7, 11) is 0. The number of ether oxygens (including phenoxy) is 3. The van der Waals surface area contributed by atoms with Gasteiger partial charge in [-0.05, 0) is 83.5 Å². The molecule has 0 aromatic rings. The van der Waals surface area contributed by atoms with Gasteiger partial charge in [-0.1, -0.05) is 6.08 Å². The number of aldehydes is 1. The van der Waals surface area contributed by atoms with Crippen LogP contribution in [0.15, 0.2) is 11.6 Å². The van der Waals surface area contributed by atoms with Crippen LogP contribution in [0.2, 0.25) is 0 Å².